The molecule has 0 spiro atoms. The standard InChI is InChI=1S/C21H18N2O3/c1-14-10-18(15(2)25-14)13-23-21(24)17-4-3-5-20(11-17)26-19-8-6-16(12-22)7-9-19/h3-11H,13H2,1-2H3,(H,23,24). The highest BCUT2D eigenvalue weighted by atomic mass is 16.5. The second-order valence-corrected chi connectivity index (χ2v) is 5.89. The summed E-state index contributed by atoms with van der Waals surface area (Å²) in [4.78, 5) is 12.4. The minimum atomic E-state index is -0.187. The molecule has 1 aromatic heterocycles. The van der Waals surface area contributed by atoms with Crippen molar-refractivity contribution in [3.63, 3.8) is 0 Å². The molecule has 2 aromatic carbocycles. The summed E-state index contributed by atoms with van der Waals surface area (Å²) < 4.78 is 11.2. The fraction of sp³-hybridized carbons (Fsp3) is 0.143. The van der Waals surface area contributed by atoms with Gasteiger partial charge in [0, 0.05) is 17.7 Å². The molecular formula is C21H18N2O3. The van der Waals surface area contributed by atoms with Crippen LogP contribution < -0.4 is 10.1 Å². The Bertz CT molecular complexity index is 966. The van der Waals surface area contributed by atoms with Crippen LogP contribution in [0.4, 0.5) is 0 Å². The zero-order valence-electron chi connectivity index (χ0n) is 14.6. The van der Waals surface area contributed by atoms with E-state index in [9.17, 15) is 4.79 Å². The van der Waals surface area contributed by atoms with E-state index in [1.165, 1.54) is 0 Å². The molecule has 5 nitrogen and oxygen atoms in total. The number of nitriles is 1. The lowest BCUT2D eigenvalue weighted by atomic mass is 10.2. The minimum absolute atomic E-state index is 0.187. The van der Waals surface area contributed by atoms with Crippen molar-refractivity contribution in [2.75, 3.05) is 0 Å². The number of rotatable bonds is 5. The third-order valence-electron chi connectivity index (χ3n) is 3.90. The number of carbonyl (C=O) groups excluding carboxylic acids is 1. The van der Waals surface area contributed by atoms with E-state index >= 15 is 0 Å². The van der Waals surface area contributed by atoms with Crippen molar-refractivity contribution in [1.29, 1.82) is 5.26 Å². The van der Waals surface area contributed by atoms with Crippen molar-refractivity contribution in [1.82, 2.24) is 5.32 Å². The summed E-state index contributed by atoms with van der Waals surface area (Å²) in [7, 11) is 0. The molecule has 0 saturated heterocycles. The first-order chi connectivity index (χ1) is 12.5. The Labute approximate surface area is 151 Å². The predicted octanol–water partition coefficient (Wildman–Crippen LogP) is 4.49. The van der Waals surface area contributed by atoms with Gasteiger partial charge in [0.15, 0.2) is 0 Å². The van der Waals surface area contributed by atoms with Gasteiger partial charge in [-0.05, 0) is 62.4 Å². The maximum Gasteiger partial charge on any atom is 0.251 e. The Hall–Kier alpha value is -3.52. The van der Waals surface area contributed by atoms with Gasteiger partial charge in [0.1, 0.15) is 23.0 Å². The Kier molecular flexibility index (Phi) is 5.04. The number of hydrogen-bond donors (Lipinski definition) is 1. The summed E-state index contributed by atoms with van der Waals surface area (Å²) >= 11 is 0. The van der Waals surface area contributed by atoms with E-state index in [0.717, 1.165) is 17.1 Å². The highest BCUT2D eigenvalue weighted by molar-refractivity contribution is 5.94. The number of nitrogens with zero attached hydrogens (tertiary/aromatic N) is 1. The van der Waals surface area contributed by atoms with Gasteiger partial charge in [-0.15, -0.1) is 0 Å². The third-order valence-corrected chi connectivity index (χ3v) is 3.90. The molecule has 1 N–H and O–H groups in total. The van der Waals surface area contributed by atoms with Gasteiger partial charge in [-0.25, -0.2) is 0 Å². The molecule has 0 radical (unpaired) electrons. The van der Waals surface area contributed by atoms with E-state index in [0.29, 0.717) is 29.2 Å². The van der Waals surface area contributed by atoms with Crippen LogP contribution in [0.3, 0.4) is 0 Å². The molecule has 0 saturated carbocycles. The molecule has 0 atom stereocenters. The van der Waals surface area contributed by atoms with Gasteiger partial charge in [-0.3, -0.25) is 4.79 Å². The van der Waals surface area contributed by atoms with Crippen molar-refractivity contribution in [3.05, 3.63) is 82.8 Å². The van der Waals surface area contributed by atoms with Crippen LogP contribution in [0.25, 0.3) is 0 Å². The average Bonchev–Trinajstić information content (AvgIpc) is 2.98. The van der Waals surface area contributed by atoms with Gasteiger partial charge >= 0.3 is 0 Å². The normalized spacial score (nSPS) is 10.2. The Morgan fingerprint density at radius 2 is 1.88 bits per heavy atom. The molecule has 5 heteroatoms. The first-order valence-corrected chi connectivity index (χ1v) is 8.17. The Morgan fingerprint density at radius 3 is 2.54 bits per heavy atom. The lowest BCUT2D eigenvalue weighted by molar-refractivity contribution is 0.0950. The molecule has 130 valence electrons. The van der Waals surface area contributed by atoms with Crippen LogP contribution in [0.2, 0.25) is 0 Å². The number of furan rings is 1. The zero-order valence-corrected chi connectivity index (χ0v) is 14.6. The van der Waals surface area contributed by atoms with E-state index < -0.39 is 0 Å². The maximum absolute atomic E-state index is 12.4. The van der Waals surface area contributed by atoms with Gasteiger partial charge in [-0.2, -0.15) is 5.26 Å². The van der Waals surface area contributed by atoms with Gasteiger partial charge in [0.05, 0.1) is 11.6 Å². The molecule has 1 heterocycles. The highest BCUT2D eigenvalue weighted by Gasteiger charge is 2.10. The van der Waals surface area contributed by atoms with E-state index in [1.54, 1.807) is 48.5 Å². The summed E-state index contributed by atoms with van der Waals surface area (Å²) in [5.74, 6) is 2.60. The largest absolute Gasteiger partial charge is 0.466 e. The summed E-state index contributed by atoms with van der Waals surface area (Å²) in [5, 5.41) is 11.7. The highest BCUT2D eigenvalue weighted by Crippen LogP contribution is 2.22. The number of aryl methyl sites for hydroxylation is 2. The first-order valence-electron chi connectivity index (χ1n) is 8.17. The summed E-state index contributed by atoms with van der Waals surface area (Å²) in [6.45, 7) is 4.16. The number of amides is 1. The number of hydrogen-bond acceptors (Lipinski definition) is 4. The maximum atomic E-state index is 12.4. The van der Waals surface area contributed by atoms with E-state index in [4.69, 9.17) is 14.4 Å². The average molecular weight is 346 g/mol. The minimum Gasteiger partial charge on any atom is -0.466 e. The molecule has 0 fully saturated rings. The number of carbonyl (C=O) groups is 1. The van der Waals surface area contributed by atoms with Crippen LogP contribution in [0.15, 0.2) is 59.0 Å². The summed E-state index contributed by atoms with van der Waals surface area (Å²) in [5.41, 5.74) is 2.03. The molecule has 0 aliphatic heterocycles. The van der Waals surface area contributed by atoms with Crippen LogP contribution in [0.1, 0.15) is 33.0 Å². The number of benzene rings is 2. The fourth-order valence-electron chi connectivity index (χ4n) is 2.57. The molecule has 0 aliphatic carbocycles. The molecule has 0 bridgehead atoms. The monoisotopic (exact) mass is 346 g/mol. The number of nitrogens with one attached hydrogen (secondary N) is 1. The van der Waals surface area contributed by atoms with Crippen LogP contribution in [0, 0.1) is 25.2 Å². The lowest BCUT2D eigenvalue weighted by Gasteiger charge is -2.08. The smallest absolute Gasteiger partial charge is 0.251 e. The van der Waals surface area contributed by atoms with Crippen LogP contribution >= 0.6 is 0 Å². The van der Waals surface area contributed by atoms with Crippen molar-refractivity contribution in [3.8, 4) is 17.6 Å². The quantitative estimate of drug-likeness (QED) is 0.738. The summed E-state index contributed by atoms with van der Waals surface area (Å²) in [6.07, 6.45) is 0. The van der Waals surface area contributed by atoms with Gasteiger partial charge in [0.25, 0.3) is 5.91 Å². The van der Waals surface area contributed by atoms with Crippen molar-refractivity contribution < 1.29 is 13.9 Å². The van der Waals surface area contributed by atoms with E-state index in [-0.39, 0.29) is 5.91 Å². The van der Waals surface area contributed by atoms with Crippen molar-refractivity contribution in [2.45, 2.75) is 20.4 Å². The van der Waals surface area contributed by atoms with Crippen LogP contribution in [-0.4, -0.2) is 5.91 Å². The molecule has 3 aromatic rings. The lowest BCUT2D eigenvalue weighted by Crippen LogP contribution is -2.22. The van der Waals surface area contributed by atoms with Crippen molar-refractivity contribution >= 4 is 5.91 Å². The Balaban J connectivity index is 1.66. The molecular weight excluding hydrogens is 328 g/mol. The van der Waals surface area contributed by atoms with Gasteiger partial charge < -0.3 is 14.5 Å². The second-order valence-electron chi connectivity index (χ2n) is 5.89. The summed E-state index contributed by atoms with van der Waals surface area (Å²) in [6, 6.07) is 17.7. The Morgan fingerprint density at radius 1 is 1.12 bits per heavy atom. The topological polar surface area (TPSA) is 75.3 Å². The van der Waals surface area contributed by atoms with Crippen LogP contribution in [-0.2, 0) is 6.54 Å². The zero-order chi connectivity index (χ0) is 18.5. The van der Waals surface area contributed by atoms with Gasteiger partial charge in [0.2, 0.25) is 0 Å². The van der Waals surface area contributed by atoms with E-state index in [2.05, 4.69) is 11.4 Å². The predicted molar refractivity (Wildman–Crippen MR) is 97.0 cm³/mol. The van der Waals surface area contributed by atoms with Crippen molar-refractivity contribution in [2.24, 2.45) is 0 Å². The van der Waals surface area contributed by atoms with E-state index in [1.807, 2.05) is 19.9 Å². The molecule has 1 amide bonds. The van der Waals surface area contributed by atoms with Crippen LogP contribution in [0.5, 0.6) is 11.5 Å². The SMILES string of the molecule is Cc1cc(CNC(=O)c2cccc(Oc3ccc(C#N)cc3)c2)c(C)o1. The second kappa shape index (κ2) is 7.58. The van der Waals surface area contributed by atoms with Gasteiger partial charge in [-0.1, -0.05) is 6.07 Å². The molecule has 0 aliphatic rings. The third kappa shape index (κ3) is 4.11. The number of ether oxygens (including phenoxy) is 1. The fourth-order valence-corrected chi connectivity index (χ4v) is 2.57. The molecule has 26 heavy (non-hydrogen) atoms. The molecule has 3 rings (SSSR count). The first kappa shape index (κ1) is 17.3. The molecule has 0 unspecified atom stereocenters.